The molecule has 1 aromatic carbocycles. The highest BCUT2D eigenvalue weighted by Gasteiger charge is 2.18. The van der Waals surface area contributed by atoms with Gasteiger partial charge in [-0.15, -0.1) is 0 Å². The summed E-state index contributed by atoms with van der Waals surface area (Å²) in [5.74, 6) is 0.0515. The van der Waals surface area contributed by atoms with Crippen LogP contribution in [0.5, 0.6) is 5.75 Å². The monoisotopic (exact) mass is 212 g/mol. The number of aldehydes is 1. The topological polar surface area (TPSA) is 26.3 Å². The maximum atomic E-state index is 12.8. The molecule has 1 rings (SSSR count). The third-order valence-corrected chi connectivity index (χ3v) is 2.35. The highest BCUT2D eigenvalue weighted by molar-refractivity contribution is 6.70. The third kappa shape index (κ3) is 2.96. The van der Waals surface area contributed by atoms with Gasteiger partial charge in [-0.1, -0.05) is 0 Å². The average molecular weight is 212 g/mol. The van der Waals surface area contributed by atoms with Gasteiger partial charge in [0.2, 0.25) is 8.32 Å². The van der Waals surface area contributed by atoms with Gasteiger partial charge in [0, 0.05) is 0 Å². The quantitative estimate of drug-likeness (QED) is 0.569. The van der Waals surface area contributed by atoms with Gasteiger partial charge in [-0.2, -0.15) is 0 Å². The zero-order chi connectivity index (χ0) is 10.8. The molecule has 0 fully saturated rings. The Labute approximate surface area is 83.8 Å². The predicted octanol–water partition coefficient (Wildman–Crippen LogP) is 2.85. The van der Waals surface area contributed by atoms with Crippen LogP contribution in [-0.2, 0) is 0 Å². The molecule has 0 N–H and O–H groups in total. The first kappa shape index (κ1) is 10.9. The maximum Gasteiger partial charge on any atom is 0.242 e. The molecule has 0 aliphatic heterocycles. The van der Waals surface area contributed by atoms with Crippen molar-refractivity contribution in [3.63, 3.8) is 0 Å². The van der Waals surface area contributed by atoms with E-state index in [0.717, 1.165) is 0 Å². The van der Waals surface area contributed by atoms with Crippen LogP contribution in [0.25, 0.3) is 0 Å². The van der Waals surface area contributed by atoms with E-state index in [2.05, 4.69) is 0 Å². The Morgan fingerprint density at radius 2 is 2.00 bits per heavy atom. The van der Waals surface area contributed by atoms with E-state index < -0.39 is 14.1 Å². The van der Waals surface area contributed by atoms with Crippen LogP contribution in [0.4, 0.5) is 4.39 Å². The van der Waals surface area contributed by atoms with E-state index in [0.29, 0.717) is 12.0 Å². The van der Waals surface area contributed by atoms with Crippen molar-refractivity contribution in [1.82, 2.24) is 0 Å². The van der Waals surface area contributed by atoms with Gasteiger partial charge in [-0.3, -0.25) is 4.79 Å². The first-order valence-corrected chi connectivity index (χ1v) is 7.77. The van der Waals surface area contributed by atoms with Crippen LogP contribution in [0.15, 0.2) is 18.2 Å². The molecule has 0 aliphatic carbocycles. The van der Waals surface area contributed by atoms with E-state index in [-0.39, 0.29) is 5.56 Å². The second-order valence-corrected chi connectivity index (χ2v) is 8.44. The number of rotatable bonds is 3. The smallest absolute Gasteiger partial charge is 0.242 e. The molecule has 14 heavy (non-hydrogen) atoms. The van der Waals surface area contributed by atoms with Crippen molar-refractivity contribution in [1.29, 1.82) is 0 Å². The summed E-state index contributed by atoms with van der Waals surface area (Å²) in [7, 11) is -1.74. The fourth-order valence-electron chi connectivity index (χ4n) is 1.03. The molecule has 0 atom stereocenters. The standard InChI is InChI=1S/C10H13FO2Si/c1-14(2,3)13-10-5-4-9(11)6-8(10)7-12/h4-7H,1-3H3. The lowest BCUT2D eigenvalue weighted by atomic mass is 10.2. The molecule has 0 unspecified atom stereocenters. The summed E-state index contributed by atoms with van der Waals surface area (Å²) in [6.07, 6.45) is 0.610. The van der Waals surface area contributed by atoms with Gasteiger partial charge in [-0.25, -0.2) is 4.39 Å². The Balaban J connectivity index is 3.03. The summed E-state index contributed by atoms with van der Waals surface area (Å²) >= 11 is 0. The summed E-state index contributed by atoms with van der Waals surface area (Å²) in [6.45, 7) is 6.01. The Kier molecular flexibility index (Phi) is 3.05. The maximum absolute atomic E-state index is 12.8. The third-order valence-electron chi connectivity index (χ3n) is 1.51. The first-order chi connectivity index (χ1) is 6.42. The van der Waals surface area contributed by atoms with Crippen molar-refractivity contribution in [3.05, 3.63) is 29.6 Å². The van der Waals surface area contributed by atoms with Crippen molar-refractivity contribution >= 4 is 14.6 Å². The van der Waals surface area contributed by atoms with Crippen molar-refractivity contribution in [3.8, 4) is 5.75 Å². The highest BCUT2D eigenvalue weighted by atomic mass is 28.4. The summed E-state index contributed by atoms with van der Waals surface area (Å²) in [6, 6.07) is 3.97. The normalized spacial score (nSPS) is 11.1. The fraction of sp³-hybridized carbons (Fsp3) is 0.300. The molecule has 2 nitrogen and oxygen atoms in total. The van der Waals surface area contributed by atoms with Crippen molar-refractivity contribution < 1.29 is 13.6 Å². The molecule has 0 spiro atoms. The Bertz CT molecular complexity index is 344. The van der Waals surface area contributed by atoms with Crippen LogP contribution in [0.3, 0.4) is 0 Å². The number of carbonyl (C=O) groups is 1. The molecule has 0 aromatic heterocycles. The number of hydrogen-bond acceptors (Lipinski definition) is 2. The van der Waals surface area contributed by atoms with Crippen molar-refractivity contribution in [2.24, 2.45) is 0 Å². The lowest BCUT2D eigenvalue weighted by Gasteiger charge is -2.20. The van der Waals surface area contributed by atoms with Gasteiger partial charge in [0.25, 0.3) is 0 Å². The molecular weight excluding hydrogens is 199 g/mol. The highest BCUT2D eigenvalue weighted by Crippen LogP contribution is 2.21. The molecule has 0 radical (unpaired) electrons. The van der Waals surface area contributed by atoms with Crippen LogP contribution in [-0.4, -0.2) is 14.6 Å². The molecular formula is C10H13FO2Si. The fourth-order valence-corrected chi connectivity index (χ4v) is 1.88. The summed E-state index contributed by atoms with van der Waals surface area (Å²) in [5, 5.41) is 0. The van der Waals surface area contributed by atoms with Crippen molar-refractivity contribution in [2.75, 3.05) is 0 Å². The molecule has 0 saturated heterocycles. The minimum absolute atomic E-state index is 0.271. The van der Waals surface area contributed by atoms with Crippen LogP contribution < -0.4 is 4.43 Å². The van der Waals surface area contributed by atoms with E-state index in [4.69, 9.17) is 4.43 Å². The number of benzene rings is 1. The first-order valence-electron chi connectivity index (χ1n) is 4.36. The van der Waals surface area contributed by atoms with Crippen LogP contribution in [0.2, 0.25) is 19.6 Å². The lowest BCUT2D eigenvalue weighted by Crippen LogP contribution is -2.29. The van der Waals surface area contributed by atoms with Gasteiger partial charge in [0.1, 0.15) is 11.6 Å². The summed E-state index contributed by atoms with van der Waals surface area (Å²) < 4.78 is 18.4. The van der Waals surface area contributed by atoms with E-state index in [9.17, 15) is 9.18 Å². The van der Waals surface area contributed by atoms with Gasteiger partial charge in [0.15, 0.2) is 6.29 Å². The zero-order valence-electron chi connectivity index (χ0n) is 8.50. The SMILES string of the molecule is C[Si](C)(C)Oc1ccc(F)cc1C=O. The lowest BCUT2D eigenvalue weighted by molar-refractivity contribution is 0.112. The zero-order valence-corrected chi connectivity index (χ0v) is 9.50. The number of halogens is 1. The Morgan fingerprint density at radius 3 is 2.50 bits per heavy atom. The molecule has 4 heteroatoms. The van der Waals surface area contributed by atoms with E-state index in [1.807, 2.05) is 19.6 Å². The largest absolute Gasteiger partial charge is 0.544 e. The molecule has 0 bridgehead atoms. The Hall–Kier alpha value is -1.16. The molecule has 1 aromatic rings. The molecule has 76 valence electrons. The number of carbonyl (C=O) groups excluding carboxylic acids is 1. The molecule has 0 amide bonds. The predicted molar refractivity (Wildman–Crippen MR) is 55.8 cm³/mol. The van der Waals surface area contributed by atoms with Crippen LogP contribution >= 0.6 is 0 Å². The molecule has 0 saturated carbocycles. The van der Waals surface area contributed by atoms with E-state index >= 15 is 0 Å². The summed E-state index contributed by atoms with van der Waals surface area (Å²) in [4.78, 5) is 10.6. The summed E-state index contributed by atoms with van der Waals surface area (Å²) in [5.41, 5.74) is 0.271. The van der Waals surface area contributed by atoms with Gasteiger partial charge in [-0.05, 0) is 37.8 Å². The van der Waals surface area contributed by atoms with Gasteiger partial charge in [0.05, 0.1) is 5.56 Å². The van der Waals surface area contributed by atoms with E-state index in [1.165, 1.54) is 18.2 Å². The molecule has 0 heterocycles. The Morgan fingerprint density at radius 1 is 1.36 bits per heavy atom. The second kappa shape index (κ2) is 3.92. The second-order valence-electron chi connectivity index (χ2n) is 4.01. The van der Waals surface area contributed by atoms with Gasteiger partial charge >= 0.3 is 0 Å². The molecule has 0 aliphatic rings. The van der Waals surface area contributed by atoms with E-state index in [1.54, 1.807) is 0 Å². The number of hydrogen-bond donors (Lipinski definition) is 0. The van der Waals surface area contributed by atoms with Crippen LogP contribution in [0, 0.1) is 5.82 Å². The van der Waals surface area contributed by atoms with Crippen molar-refractivity contribution in [2.45, 2.75) is 19.6 Å². The van der Waals surface area contributed by atoms with Gasteiger partial charge < -0.3 is 4.43 Å². The average Bonchev–Trinajstić information content (AvgIpc) is 2.06. The minimum atomic E-state index is -1.74. The minimum Gasteiger partial charge on any atom is -0.544 e. The van der Waals surface area contributed by atoms with Crippen LogP contribution in [0.1, 0.15) is 10.4 Å².